The summed E-state index contributed by atoms with van der Waals surface area (Å²) in [4.78, 5) is 4.52. The average Bonchev–Trinajstić information content (AvgIpc) is 2.72. The molecule has 0 aliphatic heterocycles. The van der Waals surface area contributed by atoms with Crippen LogP contribution in [0.4, 0.5) is 5.82 Å². The molecule has 6 nitrogen and oxygen atoms in total. The van der Waals surface area contributed by atoms with Crippen molar-refractivity contribution < 1.29 is 9.84 Å². The number of hydrogen-bond donors (Lipinski definition) is 2. The number of methoxy groups -OCH3 is 1. The number of halogens is 1. The number of ether oxygens (including phenoxy) is 1. The van der Waals surface area contributed by atoms with Gasteiger partial charge in [-0.25, -0.2) is 9.67 Å². The largest absolute Gasteiger partial charge is 0.495 e. The zero-order chi connectivity index (χ0) is 14.3. The molecule has 0 bridgehead atoms. The molecule has 7 heteroatoms. The fourth-order valence-corrected chi connectivity index (χ4v) is 2.42. The Hall–Kier alpha value is -2.05. The molecule has 0 unspecified atom stereocenters. The first-order valence-electron chi connectivity index (χ1n) is 6.05. The molecule has 0 spiro atoms. The molecular weight excluding hydrogens is 280 g/mol. The van der Waals surface area contributed by atoms with Gasteiger partial charge in [0.15, 0.2) is 11.5 Å². The van der Waals surface area contributed by atoms with Gasteiger partial charge in [0, 0.05) is 5.39 Å². The highest BCUT2D eigenvalue weighted by molar-refractivity contribution is 6.32. The van der Waals surface area contributed by atoms with E-state index in [0.717, 1.165) is 16.3 Å². The summed E-state index contributed by atoms with van der Waals surface area (Å²) in [7, 11) is 1.56. The van der Waals surface area contributed by atoms with Crippen LogP contribution in [-0.2, 0) is 6.54 Å². The number of aromatic nitrogens is 3. The molecule has 0 amide bonds. The third-order valence-corrected chi connectivity index (χ3v) is 3.42. The average molecular weight is 293 g/mol. The summed E-state index contributed by atoms with van der Waals surface area (Å²) in [6.45, 7) is 0.315. The number of pyridine rings is 1. The number of nitrogens with zero attached hydrogens (tertiary/aromatic N) is 3. The number of nitrogens with two attached hydrogens (primary N) is 1. The molecule has 0 saturated carbocycles. The molecule has 0 aliphatic carbocycles. The van der Waals surface area contributed by atoms with Crippen LogP contribution in [0.25, 0.3) is 21.9 Å². The third-order valence-electron chi connectivity index (χ3n) is 3.13. The molecule has 0 atom stereocenters. The summed E-state index contributed by atoms with van der Waals surface area (Å²) in [5, 5.41) is 15.3. The van der Waals surface area contributed by atoms with Crippen LogP contribution < -0.4 is 10.5 Å². The van der Waals surface area contributed by atoms with Crippen LogP contribution in [-0.4, -0.2) is 33.6 Å². The van der Waals surface area contributed by atoms with Crippen molar-refractivity contribution >= 4 is 39.4 Å². The van der Waals surface area contributed by atoms with E-state index < -0.39 is 0 Å². The van der Waals surface area contributed by atoms with E-state index in [9.17, 15) is 0 Å². The minimum atomic E-state index is -0.0285. The number of fused-ring (bicyclic) bond motifs is 2. The Morgan fingerprint density at radius 2 is 2.20 bits per heavy atom. The molecule has 0 aliphatic rings. The standard InChI is InChI=1S/C13H13ClN4O2/c1-20-11-5-7-4-8-12(15)17-18(2-3-19)13(8)16-10(7)6-9(11)14/h4-6,19H,2-3H2,1H3,(H2,15,17). The van der Waals surface area contributed by atoms with Crippen LogP contribution in [0.15, 0.2) is 18.2 Å². The van der Waals surface area contributed by atoms with Gasteiger partial charge in [-0.1, -0.05) is 11.6 Å². The highest BCUT2D eigenvalue weighted by Gasteiger charge is 2.12. The number of aliphatic hydroxyl groups is 1. The Labute approximate surface area is 119 Å². The van der Waals surface area contributed by atoms with Gasteiger partial charge in [0.2, 0.25) is 0 Å². The lowest BCUT2D eigenvalue weighted by Crippen LogP contribution is -2.05. The maximum Gasteiger partial charge on any atom is 0.160 e. The second-order valence-corrected chi connectivity index (χ2v) is 4.78. The van der Waals surface area contributed by atoms with Crippen LogP contribution in [0.3, 0.4) is 0 Å². The smallest absolute Gasteiger partial charge is 0.160 e. The maximum atomic E-state index is 9.05. The molecule has 3 aromatic rings. The van der Waals surface area contributed by atoms with Crippen molar-refractivity contribution in [3.63, 3.8) is 0 Å². The lowest BCUT2D eigenvalue weighted by Gasteiger charge is -2.06. The summed E-state index contributed by atoms with van der Waals surface area (Å²) >= 11 is 6.11. The first-order valence-corrected chi connectivity index (χ1v) is 6.43. The molecule has 0 radical (unpaired) electrons. The number of hydrogen-bond acceptors (Lipinski definition) is 5. The van der Waals surface area contributed by atoms with Gasteiger partial charge >= 0.3 is 0 Å². The van der Waals surface area contributed by atoms with E-state index in [4.69, 9.17) is 27.2 Å². The van der Waals surface area contributed by atoms with Crippen LogP contribution >= 0.6 is 11.6 Å². The molecule has 2 aromatic heterocycles. The first kappa shape index (κ1) is 13.0. The lowest BCUT2D eigenvalue weighted by molar-refractivity contribution is 0.271. The van der Waals surface area contributed by atoms with Gasteiger partial charge in [-0.2, -0.15) is 5.10 Å². The van der Waals surface area contributed by atoms with Crippen molar-refractivity contribution in [1.82, 2.24) is 14.8 Å². The number of benzene rings is 1. The molecular formula is C13H13ClN4O2. The second-order valence-electron chi connectivity index (χ2n) is 4.37. The highest BCUT2D eigenvalue weighted by atomic mass is 35.5. The Balaban J connectivity index is 2.32. The molecule has 104 valence electrons. The van der Waals surface area contributed by atoms with E-state index in [1.165, 1.54) is 0 Å². The van der Waals surface area contributed by atoms with E-state index in [0.29, 0.717) is 28.8 Å². The minimum absolute atomic E-state index is 0.0285. The normalized spacial score (nSPS) is 11.3. The summed E-state index contributed by atoms with van der Waals surface area (Å²) in [6.07, 6.45) is 0. The van der Waals surface area contributed by atoms with Gasteiger partial charge < -0.3 is 15.6 Å². The summed E-state index contributed by atoms with van der Waals surface area (Å²) in [6, 6.07) is 5.45. The molecule has 3 N–H and O–H groups in total. The Kier molecular flexibility index (Phi) is 3.11. The molecule has 20 heavy (non-hydrogen) atoms. The van der Waals surface area contributed by atoms with Gasteiger partial charge in [0.1, 0.15) is 5.75 Å². The lowest BCUT2D eigenvalue weighted by atomic mass is 10.2. The van der Waals surface area contributed by atoms with E-state index in [1.807, 2.05) is 12.1 Å². The first-order chi connectivity index (χ1) is 9.63. The topological polar surface area (TPSA) is 86.2 Å². The zero-order valence-corrected chi connectivity index (χ0v) is 11.6. The quantitative estimate of drug-likeness (QED) is 0.769. The molecule has 1 aromatic carbocycles. The van der Waals surface area contributed by atoms with E-state index in [2.05, 4.69) is 10.1 Å². The van der Waals surface area contributed by atoms with Gasteiger partial charge in [0.05, 0.1) is 36.2 Å². The number of nitrogen functional groups attached to an aromatic ring is 1. The van der Waals surface area contributed by atoms with Gasteiger partial charge in [-0.3, -0.25) is 0 Å². The SMILES string of the molecule is COc1cc2cc3c(N)nn(CCO)c3nc2cc1Cl. The van der Waals surface area contributed by atoms with Crippen molar-refractivity contribution in [3.8, 4) is 5.75 Å². The third kappa shape index (κ3) is 1.93. The fourth-order valence-electron chi connectivity index (χ4n) is 2.19. The summed E-state index contributed by atoms with van der Waals surface area (Å²) < 4.78 is 6.78. The van der Waals surface area contributed by atoms with Crippen molar-refractivity contribution in [2.75, 3.05) is 19.5 Å². The monoisotopic (exact) mass is 292 g/mol. The van der Waals surface area contributed by atoms with Crippen LogP contribution in [0, 0.1) is 0 Å². The minimum Gasteiger partial charge on any atom is -0.495 e. The number of aliphatic hydroxyl groups excluding tert-OH is 1. The van der Waals surface area contributed by atoms with E-state index in [-0.39, 0.29) is 6.61 Å². The van der Waals surface area contributed by atoms with Crippen LogP contribution in [0.1, 0.15) is 0 Å². The Morgan fingerprint density at radius 3 is 2.90 bits per heavy atom. The van der Waals surface area contributed by atoms with Gasteiger partial charge in [-0.05, 0) is 18.2 Å². The predicted octanol–water partition coefficient (Wildman–Crippen LogP) is 1.82. The number of anilines is 1. The van der Waals surface area contributed by atoms with Gasteiger partial charge in [-0.15, -0.1) is 0 Å². The second kappa shape index (κ2) is 4.81. The van der Waals surface area contributed by atoms with Crippen molar-refractivity contribution in [3.05, 3.63) is 23.2 Å². The van der Waals surface area contributed by atoms with E-state index >= 15 is 0 Å². The van der Waals surface area contributed by atoms with Crippen molar-refractivity contribution in [2.45, 2.75) is 6.54 Å². The van der Waals surface area contributed by atoms with Crippen molar-refractivity contribution in [1.29, 1.82) is 0 Å². The number of rotatable bonds is 3. The molecule has 2 heterocycles. The predicted molar refractivity (Wildman–Crippen MR) is 78.1 cm³/mol. The fraction of sp³-hybridized carbons (Fsp3) is 0.231. The van der Waals surface area contributed by atoms with Crippen LogP contribution in [0.5, 0.6) is 5.75 Å². The van der Waals surface area contributed by atoms with Crippen LogP contribution in [0.2, 0.25) is 5.02 Å². The maximum absolute atomic E-state index is 9.05. The van der Waals surface area contributed by atoms with Gasteiger partial charge in [0.25, 0.3) is 0 Å². The summed E-state index contributed by atoms with van der Waals surface area (Å²) in [5.74, 6) is 0.971. The molecule has 3 rings (SSSR count). The molecule has 0 saturated heterocycles. The van der Waals surface area contributed by atoms with E-state index in [1.54, 1.807) is 17.9 Å². The Morgan fingerprint density at radius 1 is 1.40 bits per heavy atom. The van der Waals surface area contributed by atoms with Crippen molar-refractivity contribution in [2.24, 2.45) is 0 Å². The molecule has 0 fully saturated rings. The Bertz CT molecular complexity index is 800. The summed E-state index contributed by atoms with van der Waals surface area (Å²) in [5.41, 5.74) is 7.24. The highest BCUT2D eigenvalue weighted by Crippen LogP contribution is 2.31. The zero-order valence-electron chi connectivity index (χ0n) is 10.8.